The minimum atomic E-state index is -0.255. The molecule has 1 fully saturated rings. The van der Waals surface area contributed by atoms with E-state index in [1.165, 1.54) is 0 Å². The van der Waals surface area contributed by atoms with Crippen molar-refractivity contribution in [1.82, 2.24) is 5.43 Å². The molecule has 0 spiro atoms. The third-order valence-corrected chi connectivity index (χ3v) is 5.13. The second kappa shape index (κ2) is 8.10. The van der Waals surface area contributed by atoms with Gasteiger partial charge in [0.1, 0.15) is 5.84 Å². The lowest BCUT2D eigenvalue weighted by Crippen LogP contribution is -2.44. The first kappa shape index (κ1) is 19.4. The average Bonchev–Trinajstić information content (AvgIpc) is 3.48. The molecule has 1 aliphatic rings. The number of nitrogen functional groups attached to an aromatic ring is 1. The van der Waals surface area contributed by atoms with Crippen molar-refractivity contribution in [3.63, 3.8) is 0 Å². The van der Waals surface area contributed by atoms with E-state index in [1.54, 1.807) is 18.2 Å². The zero-order chi connectivity index (χ0) is 19.6. The normalized spacial score (nSPS) is 16.8. The lowest BCUT2D eigenvalue weighted by molar-refractivity contribution is 0.404. The van der Waals surface area contributed by atoms with E-state index < -0.39 is 0 Å². The van der Waals surface area contributed by atoms with Crippen LogP contribution in [0, 0.1) is 5.92 Å². The number of nitrogens with two attached hydrogens (primary N) is 4. The first-order chi connectivity index (χ1) is 12.9. The first-order valence-electron chi connectivity index (χ1n) is 8.81. The highest BCUT2D eigenvalue weighted by molar-refractivity contribution is 6.30. The summed E-state index contributed by atoms with van der Waals surface area (Å²) >= 11 is 5.92. The fourth-order valence-electron chi connectivity index (χ4n) is 3.11. The van der Waals surface area contributed by atoms with E-state index in [0.29, 0.717) is 27.9 Å². The summed E-state index contributed by atoms with van der Waals surface area (Å²) in [5.41, 5.74) is 25.0. The molecule has 142 valence electrons. The fourth-order valence-corrected chi connectivity index (χ4v) is 3.24. The van der Waals surface area contributed by atoms with Gasteiger partial charge in [0.05, 0.1) is 5.70 Å². The maximum Gasteiger partial charge on any atom is 0.133 e. The summed E-state index contributed by atoms with van der Waals surface area (Å²) in [4.78, 5) is 4.42. The van der Waals surface area contributed by atoms with Crippen LogP contribution in [0.1, 0.15) is 35.6 Å². The molecule has 0 radical (unpaired) electrons. The average molecular weight is 385 g/mol. The summed E-state index contributed by atoms with van der Waals surface area (Å²) in [6, 6.07) is 12.6. The van der Waals surface area contributed by atoms with Gasteiger partial charge in [-0.15, -0.1) is 0 Å². The van der Waals surface area contributed by atoms with Crippen LogP contribution in [0.4, 0.5) is 5.69 Å². The molecule has 2 unspecified atom stereocenters. The van der Waals surface area contributed by atoms with Crippen molar-refractivity contribution >= 4 is 28.8 Å². The number of halogens is 1. The van der Waals surface area contributed by atoms with Gasteiger partial charge in [0, 0.05) is 28.4 Å². The van der Waals surface area contributed by atoms with Crippen LogP contribution in [-0.4, -0.2) is 11.9 Å². The topological polar surface area (TPSA) is 128 Å². The van der Waals surface area contributed by atoms with Crippen LogP contribution < -0.4 is 28.5 Å². The summed E-state index contributed by atoms with van der Waals surface area (Å²) in [6.45, 7) is 3.98. The number of nitrogens with one attached hydrogen (secondary N) is 1. The van der Waals surface area contributed by atoms with Gasteiger partial charge >= 0.3 is 0 Å². The second-order valence-electron chi connectivity index (χ2n) is 6.85. The van der Waals surface area contributed by atoms with Crippen LogP contribution in [-0.2, 0) is 0 Å². The Bertz CT molecular complexity index is 857. The van der Waals surface area contributed by atoms with E-state index in [2.05, 4.69) is 17.0 Å². The summed E-state index contributed by atoms with van der Waals surface area (Å²) in [6.07, 6.45) is 2.27. The number of benzene rings is 2. The lowest BCUT2D eigenvalue weighted by atomic mass is 9.95. The zero-order valence-corrected chi connectivity index (χ0v) is 15.8. The Morgan fingerprint density at radius 1 is 1.19 bits per heavy atom. The fraction of sp³-hybridized carbons (Fsp3) is 0.250. The third kappa shape index (κ3) is 4.48. The Morgan fingerprint density at radius 2 is 1.85 bits per heavy atom. The molecular weight excluding hydrogens is 360 g/mol. The molecule has 0 amide bonds. The van der Waals surface area contributed by atoms with Crippen molar-refractivity contribution in [3.8, 4) is 0 Å². The molecule has 0 aromatic heterocycles. The van der Waals surface area contributed by atoms with Gasteiger partial charge in [0.25, 0.3) is 0 Å². The van der Waals surface area contributed by atoms with Crippen molar-refractivity contribution in [2.45, 2.75) is 24.9 Å². The van der Waals surface area contributed by atoms with Gasteiger partial charge in [-0.1, -0.05) is 36.4 Å². The molecular formula is C20H25ClN6. The number of nitrogens with zero attached hydrogens (tertiary/aromatic N) is 1. The van der Waals surface area contributed by atoms with Crippen molar-refractivity contribution in [3.05, 3.63) is 70.8 Å². The molecule has 1 saturated carbocycles. The van der Waals surface area contributed by atoms with E-state index in [4.69, 9.17) is 34.6 Å². The summed E-state index contributed by atoms with van der Waals surface area (Å²) in [5, 5.41) is 0.646. The number of amidine groups is 1. The Morgan fingerprint density at radius 3 is 2.44 bits per heavy atom. The minimum absolute atomic E-state index is 0.0173. The number of aliphatic imine (C=N–C) groups is 1. The number of hydrogen-bond donors (Lipinski definition) is 5. The Balaban J connectivity index is 1.86. The highest BCUT2D eigenvalue weighted by Gasteiger charge is 2.35. The molecule has 2 atom stereocenters. The lowest BCUT2D eigenvalue weighted by Gasteiger charge is -2.24. The van der Waals surface area contributed by atoms with Gasteiger partial charge < -0.3 is 17.2 Å². The van der Waals surface area contributed by atoms with Crippen LogP contribution in [0.3, 0.4) is 0 Å². The molecule has 6 nitrogen and oxygen atoms in total. The monoisotopic (exact) mass is 384 g/mol. The molecule has 2 aromatic rings. The predicted octanol–water partition coefficient (Wildman–Crippen LogP) is 2.54. The van der Waals surface area contributed by atoms with E-state index in [0.717, 1.165) is 24.0 Å². The van der Waals surface area contributed by atoms with E-state index in [1.807, 2.05) is 24.3 Å². The Kier molecular flexibility index (Phi) is 5.82. The van der Waals surface area contributed by atoms with Crippen molar-refractivity contribution in [1.29, 1.82) is 0 Å². The third-order valence-electron chi connectivity index (χ3n) is 4.88. The molecule has 0 saturated heterocycles. The zero-order valence-electron chi connectivity index (χ0n) is 15.0. The van der Waals surface area contributed by atoms with Crippen molar-refractivity contribution < 1.29 is 0 Å². The number of rotatable bonds is 7. The SMILES string of the molecule is C=C(N=C(N)c1cc(C(N)C(NN)C2CC2)ccc1N)c1ccc(Cl)cc1. The van der Waals surface area contributed by atoms with Crippen LogP contribution in [0.25, 0.3) is 5.70 Å². The first-order valence-corrected chi connectivity index (χ1v) is 9.19. The smallest absolute Gasteiger partial charge is 0.133 e. The van der Waals surface area contributed by atoms with E-state index >= 15 is 0 Å². The van der Waals surface area contributed by atoms with Crippen LogP contribution in [0.15, 0.2) is 54.0 Å². The second-order valence-corrected chi connectivity index (χ2v) is 7.29. The van der Waals surface area contributed by atoms with Crippen LogP contribution in [0.2, 0.25) is 5.02 Å². The number of anilines is 1. The van der Waals surface area contributed by atoms with Gasteiger partial charge in [-0.05, 0) is 54.2 Å². The van der Waals surface area contributed by atoms with Gasteiger partial charge in [-0.25, -0.2) is 4.99 Å². The highest BCUT2D eigenvalue weighted by Crippen LogP contribution is 2.37. The Labute approximate surface area is 164 Å². The van der Waals surface area contributed by atoms with E-state index in [-0.39, 0.29) is 17.9 Å². The van der Waals surface area contributed by atoms with Crippen LogP contribution in [0.5, 0.6) is 0 Å². The predicted molar refractivity (Wildman–Crippen MR) is 113 cm³/mol. The highest BCUT2D eigenvalue weighted by atomic mass is 35.5. The van der Waals surface area contributed by atoms with E-state index in [9.17, 15) is 0 Å². The molecule has 7 heteroatoms. The van der Waals surface area contributed by atoms with Gasteiger partial charge in [-0.3, -0.25) is 11.3 Å². The van der Waals surface area contributed by atoms with Gasteiger partial charge in [0.2, 0.25) is 0 Å². The summed E-state index contributed by atoms with van der Waals surface area (Å²) in [7, 11) is 0. The van der Waals surface area contributed by atoms with Crippen LogP contribution >= 0.6 is 11.6 Å². The van der Waals surface area contributed by atoms with Gasteiger partial charge in [0.15, 0.2) is 0 Å². The minimum Gasteiger partial charge on any atom is -0.398 e. The molecule has 27 heavy (non-hydrogen) atoms. The number of hydrogen-bond acceptors (Lipinski definition) is 5. The molecule has 0 heterocycles. The maximum atomic E-state index is 6.42. The summed E-state index contributed by atoms with van der Waals surface area (Å²) < 4.78 is 0. The molecule has 0 bridgehead atoms. The van der Waals surface area contributed by atoms with Crippen molar-refractivity contribution in [2.75, 3.05) is 5.73 Å². The summed E-state index contributed by atoms with van der Waals surface area (Å²) in [5.74, 6) is 6.48. The maximum absolute atomic E-state index is 6.42. The largest absolute Gasteiger partial charge is 0.398 e. The molecule has 0 aliphatic heterocycles. The molecule has 2 aromatic carbocycles. The molecule has 9 N–H and O–H groups in total. The number of hydrazine groups is 1. The van der Waals surface area contributed by atoms with Gasteiger partial charge in [-0.2, -0.15) is 0 Å². The van der Waals surface area contributed by atoms with Crippen molar-refractivity contribution in [2.24, 2.45) is 28.2 Å². The standard InChI is InChI=1S/C20H25ClN6/c1-11(12-4-7-15(21)8-5-12)26-20(24)16-10-14(6-9-17(16)22)18(23)19(27-25)13-2-3-13/h4-10,13,18-19,27H,1-3,22-23,25H2,(H2,24,26). The quantitative estimate of drug-likeness (QED) is 0.165. The molecule has 1 aliphatic carbocycles. The Hall–Kier alpha value is -2.38. The molecule has 3 rings (SSSR count).